The molecule has 130 valence electrons. The Morgan fingerprint density at radius 2 is 2.08 bits per heavy atom. The van der Waals surface area contributed by atoms with Gasteiger partial charge in [-0.05, 0) is 24.6 Å². The summed E-state index contributed by atoms with van der Waals surface area (Å²) in [4.78, 5) is 23.8. The molecule has 1 heterocycles. The van der Waals surface area contributed by atoms with Crippen LogP contribution in [0.15, 0.2) is 24.4 Å². The van der Waals surface area contributed by atoms with Crippen molar-refractivity contribution in [1.82, 2.24) is 4.57 Å². The summed E-state index contributed by atoms with van der Waals surface area (Å²) in [5.41, 5.74) is 8.09. The Kier molecular flexibility index (Phi) is 5.41. The highest BCUT2D eigenvalue weighted by molar-refractivity contribution is 5.96. The third-order valence-corrected chi connectivity index (χ3v) is 3.57. The lowest BCUT2D eigenvalue weighted by molar-refractivity contribution is -0.119. The van der Waals surface area contributed by atoms with Crippen LogP contribution in [0.25, 0.3) is 5.69 Å². The summed E-state index contributed by atoms with van der Waals surface area (Å²) in [5.74, 6) is -0.970. The molecular formula is C17H18N4O4. The molecule has 8 nitrogen and oxygen atoms in total. The van der Waals surface area contributed by atoms with Crippen LogP contribution in [0.5, 0.6) is 0 Å². The van der Waals surface area contributed by atoms with Gasteiger partial charge in [0.25, 0.3) is 0 Å². The summed E-state index contributed by atoms with van der Waals surface area (Å²) in [6.07, 6.45) is 1.46. The van der Waals surface area contributed by atoms with Gasteiger partial charge in [0.15, 0.2) is 5.69 Å². The molecule has 1 aromatic heterocycles. The third-order valence-electron chi connectivity index (χ3n) is 3.57. The molecule has 0 spiro atoms. The highest BCUT2D eigenvalue weighted by atomic mass is 16.5. The zero-order valence-electron chi connectivity index (χ0n) is 14.1. The van der Waals surface area contributed by atoms with Crippen molar-refractivity contribution in [3.63, 3.8) is 0 Å². The van der Waals surface area contributed by atoms with Crippen molar-refractivity contribution in [3.8, 4) is 11.8 Å². The van der Waals surface area contributed by atoms with E-state index in [1.54, 1.807) is 18.2 Å². The number of rotatable bonds is 5. The van der Waals surface area contributed by atoms with Gasteiger partial charge < -0.3 is 25.1 Å². The van der Waals surface area contributed by atoms with Crippen LogP contribution in [0.1, 0.15) is 21.6 Å². The molecule has 0 saturated carbocycles. The van der Waals surface area contributed by atoms with Crippen LogP contribution in [0.2, 0.25) is 0 Å². The van der Waals surface area contributed by atoms with Gasteiger partial charge in [-0.1, -0.05) is 6.07 Å². The van der Waals surface area contributed by atoms with Crippen molar-refractivity contribution in [1.29, 1.82) is 5.26 Å². The second-order valence-corrected chi connectivity index (χ2v) is 5.26. The van der Waals surface area contributed by atoms with Gasteiger partial charge in [-0.15, -0.1) is 0 Å². The molecule has 1 amide bonds. The normalized spacial score (nSPS) is 10.2. The molecule has 0 unspecified atom stereocenters. The molecule has 0 fully saturated rings. The lowest BCUT2D eigenvalue weighted by Gasteiger charge is -2.13. The Labute approximate surface area is 144 Å². The first-order valence-corrected chi connectivity index (χ1v) is 7.32. The smallest absolute Gasteiger partial charge is 0.357 e. The standard InChI is InChI=1S/C17H18N4O4/c1-10-4-5-12(20-14(22)9-24-2)6-13(10)21-8-11(7-18)15(19)16(21)17(23)25-3/h4-6,8H,9,19H2,1-3H3,(H,20,22). The molecule has 25 heavy (non-hydrogen) atoms. The number of amides is 1. The van der Waals surface area contributed by atoms with Crippen LogP contribution in [0.4, 0.5) is 11.4 Å². The fourth-order valence-electron chi connectivity index (χ4n) is 2.38. The van der Waals surface area contributed by atoms with Crippen molar-refractivity contribution >= 4 is 23.3 Å². The summed E-state index contributed by atoms with van der Waals surface area (Å²) in [5, 5.41) is 11.9. The Balaban J connectivity index is 2.56. The first-order chi connectivity index (χ1) is 11.9. The number of methoxy groups -OCH3 is 2. The first-order valence-electron chi connectivity index (χ1n) is 7.32. The lowest BCUT2D eigenvalue weighted by atomic mass is 10.1. The lowest BCUT2D eigenvalue weighted by Crippen LogP contribution is -2.17. The van der Waals surface area contributed by atoms with E-state index in [-0.39, 0.29) is 29.5 Å². The van der Waals surface area contributed by atoms with Crippen LogP contribution in [-0.2, 0) is 14.3 Å². The van der Waals surface area contributed by atoms with E-state index in [1.807, 2.05) is 13.0 Å². The highest BCUT2D eigenvalue weighted by Gasteiger charge is 2.22. The van der Waals surface area contributed by atoms with Crippen LogP contribution in [-0.4, -0.2) is 37.3 Å². The zero-order chi connectivity index (χ0) is 18.6. The van der Waals surface area contributed by atoms with Crippen LogP contribution >= 0.6 is 0 Å². The van der Waals surface area contributed by atoms with Crippen LogP contribution in [0, 0.1) is 18.3 Å². The van der Waals surface area contributed by atoms with Gasteiger partial charge in [0.1, 0.15) is 12.7 Å². The number of ether oxygens (including phenoxy) is 2. The first kappa shape index (κ1) is 18.0. The molecule has 2 rings (SSSR count). The van der Waals surface area contributed by atoms with E-state index in [0.29, 0.717) is 11.4 Å². The number of nitrogens with one attached hydrogen (secondary N) is 1. The monoisotopic (exact) mass is 342 g/mol. The summed E-state index contributed by atoms with van der Waals surface area (Å²) in [6.45, 7) is 1.76. The molecule has 0 bridgehead atoms. The number of nitrogens with zero attached hydrogens (tertiary/aromatic N) is 2. The number of aryl methyl sites for hydroxylation is 1. The topological polar surface area (TPSA) is 119 Å². The minimum atomic E-state index is -0.660. The fraction of sp³-hybridized carbons (Fsp3) is 0.235. The molecule has 2 aromatic rings. The molecule has 8 heteroatoms. The number of anilines is 2. The van der Waals surface area contributed by atoms with Gasteiger partial charge in [-0.25, -0.2) is 4.79 Å². The molecule has 1 aromatic carbocycles. The van der Waals surface area contributed by atoms with Crippen molar-refractivity contribution in [2.45, 2.75) is 6.92 Å². The van der Waals surface area contributed by atoms with Gasteiger partial charge >= 0.3 is 5.97 Å². The molecule has 0 aliphatic rings. The summed E-state index contributed by atoms with van der Waals surface area (Å²) in [7, 11) is 2.66. The maximum absolute atomic E-state index is 12.1. The molecule has 0 radical (unpaired) electrons. The van der Waals surface area contributed by atoms with Crippen molar-refractivity contribution in [3.05, 3.63) is 41.2 Å². The van der Waals surface area contributed by atoms with E-state index in [4.69, 9.17) is 15.2 Å². The number of nitrogen functional groups attached to an aromatic ring is 1. The van der Waals surface area contributed by atoms with E-state index < -0.39 is 5.97 Å². The van der Waals surface area contributed by atoms with Gasteiger partial charge in [-0.2, -0.15) is 5.26 Å². The Hall–Kier alpha value is -3.31. The zero-order valence-corrected chi connectivity index (χ0v) is 14.1. The van der Waals surface area contributed by atoms with E-state index in [2.05, 4.69) is 5.32 Å². The number of carbonyl (C=O) groups is 2. The Morgan fingerprint density at radius 1 is 1.36 bits per heavy atom. The second-order valence-electron chi connectivity index (χ2n) is 5.26. The molecule has 0 aliphatic heterocycles. The number of carbonyl (C=O) groups excluding carboxylic acids is 2. The van der Waals surface area contributed by atoms with Crippen molar-refractivity contribution in [2.24, 2.45) is 0 Å². The highest BCUT2D eigenvalue weighted by Crippen LogP contribution is 2.28. The molecular weight excluding hydrogens is 324 g/mol. The number of esters is 1. The van der Waals surface area contributed by atoms with E-state index in [9.17, 15) is 14.9 Å². The molecule has 0 saturated heterocycles. The van der Waals surface area contributed by atoms with Crippen LogP contribution < -0.4 is 11.1 Å². The minimum absolute atomic E-state index is 0.0440. The van der Waals surface area contributed by atoms with Gasteiger partial charge in [0.2, 0.25) is 5.91 Å². The Bertz CT molecular complexity index is 864. The maximum Gasteiger partial charge on any atom is 0.357 e. The van der Waals surface area contributed by atoms with Crippen molar-refractivity contribution in [2.75, 3.05) is 31.9 Å². The molecule has 0 atom stereocenters. The SMILES string of the molecule is COCC(=O)Nc1ccc(C)c(-n2cc(C#N)c(N)c2C(=O)OC)c1. The van der Waals surface area contributed by atoms with E-state index in [1.165, 1.54) is 25.0 Å². The number of hydrogen-bond donors (Lipinski definition) is 2. The van der Waals surface area contributed by atoms with E-state index in [0.717, 1.165) is 5.56 Å². The summed E-state index contributed by atoms with van der Waals surface area (Å²) < 4.78 is 11.0. The van der Waals surface area contributed by atoms with Crippen molar-refractivity contribution < 1.29 is 19.1 Å². The number of benzene rings is 1. The average molecular weight is 342 g/mol. The number of nitrogens with two attached hydrogens (primary N) is 1. The fourth-order valence-corrected chi connectivity index (χ4v) is 2.38. The second kappa shape index (κ2) is 7.51. The summed E-state index contributed by atoms with van der Waals surface area (Å²) in [6, 6.07) is 7.13. The maximum atomic E-state index is 12.1. The predicted octanol–water partition coefficient (Wildman–Crippen LogP) is 1.61. The average Bonchev–Trinajstić information content (AvgIpc) is 2.92. The van der Waals surface area contributed by atoms with Crippen LogP contribution in [0.3, 0.4) is 0 Å². The number of aromatic nitrogens is 1. The quantitative estimate of drug-likeness (QED) is 0.797. The van der Waals surface area contributed by atoms with Gasteiger partial charge in [0, 0.05) is 19.0 Å². The summed E-state index contributed by atoms with van der Waals surface area (Å²) >= 11 is 0. The number of nitriles is 1. The minimum Gasteiger partial charge on any atom is -0.464 e. The molecule has 0 aliphatic carbocycles. The van der Waals surface area contributed by atoms with E-state index >= 15 is 0 Å². The predicted molar refractivity (Wildman–Crippen MR) is 91.5 cm³/mol. The molecule has 3 N–H and O–H groups in total. The van der Waals surface area contributed by atoms with Gasteiger partial charge in [0.05, 0.1) is 24.0 Å². The third kappa shape index (κ3) is 3.62. The Morgan fingerprint density at radius 3 is 2.68 bits per heavy atom. The largest absolute Gasteiger partial charge is 0.464 e. The van der Waals surface area contributed by atoms with Gasteiger partial charge in [-0.3, -0.25) is 4.79 Å². The number of hydrogen-bond acceptors (Lipinski definition) is 6.